The van der Waals surface area contributed by atoms with Crippen LogP contribution in [0.4, 0.5) is 0 Å². The summed E-state index contributed by atoms with van der Waals surface area (Å²) in [6.07, 6.45) is 0. The van der Waals surface area contributed by atoms with Crippen molar-refractivity contribution in [2.45, 2.75) is 19.6 Å². The lowest BCUT2D eigenvalue weighted by Crippen LogP contribution is -2.42. The molecule has 0 spiro atoms. The number of amides is 2. The van der Waals surface area contributed by atoms with E-state index >= 15 is 0 Å². The molecule has 0 saturated heterocycles. The summed E-state index contributed by atoms with van der Waals surface area (Å²) in [5.41, 5.74) is 6.60. The molecule has 0 aromatic heterocycles. The summed E-state index contributed by atoms with van der Waals surface area (Å²) in [5, 5.41) is 0. The van der Waals surface area contributed by atoms with E-state index in [1.54, 1.807) is 49.6 Å². The topological polar surface area (TPSA) is 93.7 Å². The summed E-state index contributed by atoms with van der Waals surface area (Å²) in [4.78, 5) is 35.6. The van der Waals surface area contributed by atoms with Crippen LogP contribution in [0.1, 0.15) is 40.1 Å². The fraction of sp³-hybridized carbons (Fsp3) is 0.286. The zero-order chi connectivity index (χ0) is 21.2. The standard InChI is InChI=1S/C21H24N2O5S/c1-4-28-18-8-5-15(6-9-18)21(26)23-22-20(25)13-29-12-17-11-16(14(2)24)7-10-19(17)27-3/h5-11H,4,12-13H2,1-3H3,(H,22,25)(H,23,26). The van der Waals surface area contributed by atoms with Gasteiger partial charge in [-0.25, -0.2) is 0 Å². The monoisotopic (exact) mass is 416 g/mol. The Morgan fingerprint density at radius 1 is 1.00 bits per heavy atom. The molecule has 0 bridgehead atoms. The van der Waals surface area contributed by atoms with E-state index in [0.717, 1.165) is 5.56 Å². The Balaban J connectivity index is 1.80. The van der Waals surface area contributed by atoms with Crippen LogP contribution >= 0.6 is 11.8 Å². The van der Waals surface area contributed by atoms with E-state index < -0.39 is 5.91 Å². The number of hydrazine groups is 1. The number of hydrogen-bond acceptors (Lipinski definition) is 6. The van der Waals surface area contributed by atoms with Crippen LogP contribution in [0.2, 0.25) is 0 Å². The van der Waals surface area contributed by atoms with E-state index in [9.17, 15) is 14.4 Å². The third-order valence-electron chi connectivity index (χ3n) is 3.92. The van der Waals surface area contributed by atoms with E-state index in [1.807, 2.05) is 6.92 Å². The van der Waals surface area contributed by atoms with Gasteiger partial charge in [0.15, 0.2) is 5.78 Å². The van der Waals surface area contributed by atoms with Crippen molar-refractivity contribution in [1.82, 2.24) is 10.9 Å². The highest BCUT2D eigenvalue weighted by molar-refractivity contribution is 7.99. The minimum atomic E-state index is -0.415. The Bertz CT molecular complexity index is 868. The third-order valence-corrected chi connectivity index (χ3v) is 4.90. The van der Waals surface area contributed by atoms with Crippen molar-refractivity contribution in [3.05, 3.63) is 59.2 Å². The molecule has 0 aliphatic heterocycles. The van der Waals surface area contributed by atoms with Gasteiger partial charge in [-0.15, -0.1) is 11.8 Å². The third kappa shape index (κ3) is 6.83. The fourth-order valence-corrected chi connectivity index (χ4v) is 3.27. The maximum absolute atomic E-state index is 12.1. The van der Waals surface area contributed by atoms with Crippen molar-refractivity contribution in [3.63, 3.8) is 0 Å². The van der Waals surface area contributed by atoms with Gasteiger partial charge in [0.2, 0.25) is 5.91 Å². The van der Waals surface area contributed by atoms with E-state index in [-0.39, 0.29) is 17.4 Å². The Labute approximate surface area is 174 Å². The molecule has 0 atom stereocenters. The minimum Gasteiger partial charge on any atom is -0.496 e. The quantitative estimate of drug-likeness (QED) is 0.482. The summed E-state index contributed by atoms with van der Waals surface area (Å²) < 4.78 is 10.6. The number of rotatable bonds is 9. The Kier molecular flexibility index (Phi) is 8.54. The molecule has 7 nitrogen and oxygen atoms in total. The van der Waals surface area contributed by atoms with Crippen LogP contribution in [0.5, 0.6) is 11.5 Å². The van der Waals surface area contributed by atoms with Crippen LogP contribution in [-0.2, 0) is 10.5 Å². The molecule has 0 fully saturated rings. The maximum Gasteiger partial charge on any atom is 0.269 e. The number of nitrogens with one attached hydrogen (secondary N) is 2. The number of carbonyl (C=O) groups excluding carboxylic acids is 3. The van der Waals surface area contributed by atoms with E-state index in [4.69, 9.17) is 9.47 Å². The van der Waals surface area contributed by atoms with Crippen molar-refractivity contribution in [2.75, 3.05) is 19.5 Å². The Hall–Kier alpha value is -3.00. The molecule has 8 heteroatoms. The normalized spacial score (nSPS) is 10.2. The van der Waals surface area contributed by atoms with Crippen LogP contribution in [0.15, 0.2) is 42.5 Å². The molecule has 2 aromatic rings. The first-order chi connectivity index (χ1) is 13.9. The molecule has 2 amide bonds. The summed E-state index contributed by atoms with van der Waals surface area (Å²) >= 11 is 1.35. The summed E-state index contributed by atoms with van der Waals surface area (Å²) in [6, 6.07) is 11.8. The summed E-state index contributed by atoms with van der Waals surface area (Å²) in [7, 11) is 1.56. The fourth-order valence-electron chi connectivity index (χ4n) is 2.47. The van der Waals surface area contributed by atoms with E-state index in [0.29, 0.717) is 35.0 Å². The highest BCUT2D eigenvalue weighted by atomic mass is 32.2. The molecule has 0 aliphatic rings. The van der Waals surface area contributed by atoms with Crippen molar-refractivity contribution in [3.8, 4) is 11.5 Å². The van der Waals surface area contributed by atoms with Gasteiger partial charge in [0, 0.05) is 22.4 Å². The molecule has 0 aliphatic carbocycles. The number of hydrogen-bond donors (Lipinski definition) is 2. The molecule has 2 N–H and O–H groups in total. The number of ether oxygens (including phenoxy) is 2. The molecule has 29 heavy (non-hydrogen) atoms. The first-order valence-electron chi connectivity index (χ1n) is 9.02. The molecular formula is C21H24N2O5S. The number of carbonyl (C=O) groups is 3. The lowest BCUT2D eigenvalue weighted by molar-refractivity contribution is -0.119. The zero-order valence-electron chi connectivity index (χ0n) is 16.6. The average Bonchev–Trinajstić information content (AvgIpc) is 2.72. The number of methoxy groups -OCH3 is 1. The molecule has 154 valence electrons. The van der Waals surface area contributed by atoms with Gasteiger partial charge in [-0.1, -0.05) is 0 Å². The number of thioether (sulfide) groups is 1. The molecule has 0 heterocycles. The van der Waals surface area contributed by atoms with Gasteiger partial charge in [-0.05, 0) is 56.3 Å². The first-order valence-corrected chi connectivity index (χ1v) is 10.2. The minimum absolute atomic E-state index is 0.0337. The van der Waals surface area contributed by atoms with Crippen molar-refractivity contribution >= 4 is 29.4 Å². The van der Waals surface area contributed by atoms with Crippen LogP contribution in [-0.4, -0.2) is 37.1 Å². The van der Waals surface area contributed by atoms with Crippen molar-refractivity contribution in [1.29, 1.82) is 0 Å². The van der Waals surface area contributed by atoms with Gasteiger partial charge in [-0.3, -0.25) is 25.2 Å². The predicted molar refractivity (Wildman–Crippen MR) is 112 cm³/mol. The smallest absolute Gasteiger partial charge is 0.269 e. The largest absolute Gasteiger partial charge is 0.496 e. The number of benzene rings is 2. The highest BCUT2D eigenvalue weighted by Crippen LogP contribution is 2.24. The maximum atomic E-state index is 12.1. The van der Waals surface area contributed by atoms with Gasteiger partial charge in [-0.2, -0.15) is 0 Å². The molecule has 2 rings (SSSR count). The van der Waals surface area contributed by atoms with Crippen LogP contribution in [0, 0.1) is 0 Å². The second kappa shape index (κ2) is 11.1. The molecule has 0 saturated carbocycles. The first kappa shape index (κ1) is 22.3. The Morgan fingerprint density at radius 2 is 1.69 bits per heavy atom. The summed E-state index contributed by atoms with van der Waals surface area (Å²) in [6.45, 7) is 3.92. The lowest BCUT2D eigenvalue weighted by Gasteiger charge is -2.10. The van der Waals surface area contributed by atoms with Gasteiger partial charge >= 0.3 is 0 Å². The van der Waals surface area contributed by atoms with Gasteiger partial charge in [0.25, 0.3) is 5.91 Å². The van der Waals surface area contributed by atoms with Crippen molar-refractivity contribution < 1.29 is 23.9 Å². The van der Waals surface area contributed by atoms with Crippen LogP contribution in [0.3, 0.4) is 0 Å². The predicted octanol–water partition coefficient (Wildman–Crippen LogP) is 2.99. The van der Waals surface area contributed by atoms with Gasteiger partial charge in [0.05, 0.1) is 19.5 Å². The number of ketones is 1. The lowest BCUT2D eigenvalue weighted by atomic mass is 10.1. The second-order valence-corrected chi connectivity index (χ2v) is 7.02. The number of Topliss-reactive ketones (excluding diaryl/α,β-unsaturated/α-hetero) is 1. The summed E-state index contributed by atoms with van der Waals surface area (Å²) in [5.74, 6) is 1.17. The van der Waals surface area contributed by atoms with Gasteiger partial charge < -0.3 is 9.47 Å². The van der Waals surface area contributed by atoms with Crippen LogP contribution < -0.4 is 20.3 Å². The Morgan fingerprint density at radius 3 is 2.31 bits per heavy atom. The SMILES string of the molecule is CCOc1ccc(C(=O)NNC(=O)CSCc2cc(C(C)=O)ccc2OC)cc1. The molecule has 0 radical (unpaired) electrons. The van der Waals surface area contributed by atoms with Crippen LogP contribution in [0.25, 0.3) is 0 Å². The molecular weight excluding hydrogens is 392 g/mol. The molecule has 2 aromatic carbocycles. The second-order valence-electron chi connectivity index (χ2n) is 6.04. The van der Waals surface area contributed by atoms with Crippen molar-refractivity contribution in [2.24, 2.45) is 0 Å². The average molecular weight is 416 g/mol. The van der Waals surface area contributed by atoms with Gasteiger partial charge in [0.1, 0.15) is 11.5 Å². The highest BCUT2D eigenvalue weighted by Gasteiger charge is 2.10. The molecule has 0 unspecified atom stereocenters. The van der Waals surface area contributed by atoms with E-state index in [1.165, 1.54) is 18.7 Å². The zero-order valence-corrected chi connectivity index (χ0v) is 17.4. The van der Waals surface area contributed by atoms with E-state index in [2.05, 4.69) is 10.9 Å².